The maximum absolute atomic E-state index is 12.6. The zero-order valence-electron chi connectivity index (χ0n) is 14.3. The van der Waals surface area contributed by atoms with Gasteiger partial charge >= 0.3 is 5.97 Å². The lowest BCUT2D eigenvalue weighted by Crippen LogP contribution is -2.34. The van der Waals surface area contributed by atoms with E-state index in [1.807, 2.05) is 0 Å². The van der Waals surface area contributed by atoms with E-state index in [0.717, 1.165) is 0 Å². The fourth-order valence-electron chi connectivity index (χ4n) is 3.15. The molecule has 1 aliphatic heterocycles. The number of hydrogen-bond acceptors (Lipinski definition) is 6. The predicted molar refractivity (Wildman–Crippen MR) is 96.2 cm³/mol. The van der Waals surface area contributed by atoms with Crippen molar-refractivity contribution in [2.24, 2.45) is 0 Å². The summed E-state index contributed by atoms with van der Waals surface area (Å²) in [5, 5.41) is 31.3. The minimum atomic E-state index is -1.40. The third kappa shape index (κ3) is 3.20. The molecule has 1 fully saturated rings. The summed E-state index contributed by atoms with van der Waals surface area (Å²) in [4.78, 5) is 47.7. The van der Waals surface area contributed by atoms with Gasteiger partial charge in [0.15, 0.2) is 0 Å². The van der Waals surface area contributed by atoms with Gasteiger partial charge in [-0.2, -0.15) is 0 Å². The van der Waals surface area contributed by atoms with Crippen LogP contribution in [-0.4, -0.2) is 44.2 Å². The first-order valence-corrected chi connectivity index (χ1v) is 8.12. The molecule has 9 heteroatoms. The summed E-state index contributed by atoms with van der Waals surface area (Å²) in [7, 11) is 0. The van der Waals surface area contributed by atoms with E-state index in [9.17, 15) is 29.6 Å². The second kappa shape index (κ2) is 7.31. The van der Waals surface area contributed by atoms with Crippen molar-refractivity contribution >= 4 is 29.1 Å². The fraction of sp³-hybridized carbons (Fsp3) is 0.105. The maximum Gasteiger partial charge on any atom is 0.323 e. The summed E-state index contributed by atoms with van der Waals surface area (Å²) in [6.45, 7) is -0.854. The van der Waals surface area contributed by atoms with Crippen LogP contribution in [0.3, 0.4) is 0 Å². The summed E-state index contributed by atoms with van der Waals surface area (Å²) in [5.74, 6) is -4.19. The molecule has 1 unspecified atom stereocenters. The molecule has 0 radical (unpaired) electrons. The zero-order valence-corrected chi connectivity index (χ0v) is 14.3. The Balaban J connectivity index is 2.28. The molecule has 1 aliphatic rings. The Hall–Kier alpha value is -4.01. The number of nitro groups is 1. The van der Waals surface area contributed by atoms with Crippen LogP contribution in [0.2, 0.25) is 0 Å². The Bertz CT molecular complexity index is 1010. The van der Waals surface area contributed by atoms with Gasteiger partial charge in [-0.25, -0.2) is 0 Å². The van der Waals surface area contributed by atoms with Crippen molar-refractivity contribution in [3.05, 3.63) is 81.4 Å². The molecule has 0 bridgehead atoms. The van der Waals surface area contributed by atoms with Crippen molar-refractivity contribution in [3.63, 3.8) is 0 Å². The van der Waals surface area contributed by atoms with Crippen molar-refractivity contribution in [2.75, 3.05) is 6.54 Å². The number of likely N-dealkylation sites (tertiary alicyclic amines) is 1. The van der Waals surface area contributed by atoms with Crippen LogP contribution in [0, 0.1) is 10.1 Å². The standard InChI is InChI=1S/C19H14N2O7/c22-14(23)10-20-16(12-8-4-5-9-13(12)21(27)28)15(18(25)19(20)26)17(24)11-6-2-1-3-7-11/h1-9,16,24H,10H2,(H,22,23)/b17-15-. The van der Waals surface area contributed by atoms with Crippen LogP contribution in [-0.2, 0) is 14.4 Å². The maximum atomic E-state index is 12.6. The molecule has 2 N–H and O–H groups in total. The number of carboxylic acid groups (broad SMARTS) is 1. The number of nitrogens with zero attached hydrogens (tertiary/aromatic N) is 2. The van der Waals surface area contributed by atoms with E-state index < -0.39 is 52.2 Å². The van der Waals surface area contributed by atoms with E-state index in [2.05, 4.69) is 0 Å². The monoisotopic (exact) mass is 382 g/mol. The van der Waals surface area contributed by atoms with Gasteiger partial charge in [-0.15, -0.1) is 0 Å². The Morgan fingerprint density at radius 3 is 2.25 bits per heavy atom. The van der Waals surface area contributed by atoms with Crippen molar-refractivity contribution in [2.45, 2.75) is 6.04 Å². The van der Waals surface area contributed by atoms with Gasteiger partial charge in [0.25, 0.3) is 17.4 Å². The quantitative estimate of drug-likeness (QED) is 0.265. The highest BCUT2D eigenvalue weighted by Crippen LogP contribution is 2.42. The lowest BCUT2D eigenvalue weighted by Gasteiger charge is -2.23. The summed E-state index contributed by atoms with van der Waals surface area (Å²) >= 11 is 0. The number of ketones is 1. The van der Waals surface area contributed by atoms with Crippen molar-refractivity contribution in [3.8, 4) is 0 Å². The number of amides is 1. The molecular weight excluding hydrogens is 368 g/mol. The molecular formula is C19H14N2O7. The van der Waals surface area contributed by atoms with Gasteiger partial charge < -0.3 is 15.1 Å². The molecule has 2 aromatic rings. The SMILES string of the molecule is O=C(O)CN1C(=O)C(=O)/C(=C(\O)c2ccccc2)C1c1ccccc1[N+](=O)[O-]. The van der Waals surface area contributed by atoms with Crippen LogP contribution in [0.4, 0.5) is 5.69 Å². The molecule has 0 aromatic heterocycles. The van der Waals surface area contributed by atoms with Crippen LogP contribution in [0.25, 0.3) is 5.76 Å². The topological polar surface area (TPSA) is 138 Å². The molecule has 1 amide bonds. The number of carbonyl (C=O) groups excluding carboxylic acids is 2. The van der Waals surface area contributed by atoms with Gasteiger partial charge in [0.2, 0.25) is 0 Å². The normalized spacial score (nSPS) is 18.3. The lowest BCUT2D eigenvalue weighted by atomic mass is 9.94. The second-order valence-corrected chi connectivity index (χ2v) is 6.00. The van der Waals surface area contributed by atoms with E-state index in [0.29, 0.717) is 4.90 Å². The minimum absolute atomic E-state index is 0.0644. The minimum Gasteiger partial charge on any atom is -0.507 e. The van der Waals surface area contributed by atoms with Crippen LogP contribution in [0.15, 0.2) is 60.2 Å². The molecule has 0 aliphatic carbocycles. The lowest BCUT2D eigenvalue weighted by molar-refractivity contribution is -0.385. The Kier molecular flexibility index (Phi) is 4.90. The number of aliphatic carboxylic acids is 1. The number of para-hydroxylation sites is 1. The predicted octanol–water partition coefficient (Wildman–Crippen LogP) is 2.10. The fourth-order valence-corrected chi connectivity index (χ4v) is 3.15. The number of benzene rings is 2. The molecule has 1 heterocycles. The number of Topliss-reactive ketones (excluding diaryl/α,β-unsaturated/α-hetero) is 1. The molecule has 3 rings (SSSR count). The highest BCUT2D eigenvalue weighted by molar-refractivity contribution is 6.47. The van der Waals surface area contributed by atoms with Crippen LogP contribution in [0.5, 0.6) is 0 Å². The number of aliphatic hydroxyl groups is 1. The molecule has 142 valence electrons. The zero-order chi connectivity index (χ0) is 20.4. The summed E-state index contributed by atoms with van der Waals surface area (Å²) in [6, 6.07) is 11.8. The summed E-state index contributed by atoms with van der Waals surface area (Å²) in [5.41, 5.74) is -0.639. The molecule has 1 saturated heterocycles. The van der Waals surface area contributed by atoms with E-state index in [4.69, 9.17) is 5.11 Å². The van der Waals surface area contributed by atoms with E-state index in [-0.39, 0.29) is 11.1 Å². The van der Waals surface area contributed by atoms with Gasteiger partial charge in [-0.05, 0) is 6.07 Å². The second-order valence-electron chi connectivity index (χ2n) is 6.00. The average Bonchev–Trinajstić information content (AvgIpc) is 2.92. The van der Waals surface area contributed by atoms with Crippen LogP contribution < -0.4 is 0 Å². The number of rotatable bonds is 5. The molecule has 2 aromatic carbocycles. The first kappa shape index (κ1) is 18.8. The number of aliphatic hydroxyl groups excluding tert-OH is 1. The molecule has 1 atom stereocenters. The Morgan fingerprint density at radius 2 is 1.64 bits per heavy atom. The summed E-state index contributed by atoms with van der Waals surface area (Å²) < 4.78 is 0. The van der Waals surface area contributed by atoms with Gasteiger partial charge in [-0.1, -0.05) is 42.5 Å². The van der Waals surface area contributed by atoms with Crippen molar-refractivity contribution in [1.82, 2.24) is 4.90 Å². The van der Waals surface area contributed by atoms with Crippen LogP contribution in [0.1, 0.15) is 17.2 Å². The van der Waals surface area contributed by atoms with E-state index in [1.54, 1.807) is 18.2 Å². The first-order valence-electron chi connectivity index (χ1n) is 8.12. The number of carbonyl (C=O) groups is 3. The largest absolute Gasteiger partial charge is 0.507 e. The highest BCUT2D eigenvalue weighted by atomic mass is 16.6. The molecule has 0 saturated carbocycles. The Labute approximate surface area is 158 Å². The van der Waals surface area contributed by atoms with Crippen LogP contribution >= 0.6 is 0 Å². The van der Waals surface area contributed by atoms with Gasteiger partial charge in [0, 0.05) is 11.6 Å². The van der Waals surface area contributed by atoms with Gasteiger partial charge in [0.05, 0.1) is 22.1 Å². The number of nitro benzene ring substituents is 1. The third-order valence-electron chi connectivity index (χ3n) is 4.32. The van der Waals surface area contributed by atoms with Crippen molar-refractivity contribution < 1.29 is 29.5 Å². The number of carboxylic acids is 1. The van der Waals surface area contributed by atoms with E-state index >= 15 is 0 Å². The van der Waals surface area contributed by atoms with Gasteiger partial charge in [-0.3, -0.25) is 24.5 Å². The van der Waals surface area contributed by atoms with E-state index in [1.165, 1.54) is 36.4 Å². The third-order valence-corrected chi connectivity index (χ3v) is 4.32. The molecule has 9 nitrogen and oxygen atoms in total. The summed E-state index contributed by atoms with van der Waals surface area (Å²) in [6.07, 6.45) is 0. The molecule has 28 heavy (non-hydrogen) atoms. The number of hydrogen-bond donors (Lipinski definition) is 2. The smallest absolute Gasteiger partial charge is 0.323 e. The van der Waals surface area contributed by atoms with Gasteiger partial charge in [0.1, 0.15) is 12.3 Å². The Morgan fingerprint density at radius 1 is 1.04 bits per heavy atom. The molecule has 0 spiro atoms. The highest BCUT2D eigenvalue weighted by Gasteiger charge is 2.48. The van der Waals surface area contributed by atoms with Crippen molar-refractivity contribution in [1.29, 1.82) is 0 Å². The average molecular weight is 382 g/mol. The first-order chi connectivity index (χ1) is 13.3.